The van der Waals surface area contributed by atoms with Crippen LogP contribution in [0.1, 0.15) is 11.6 Å². The first-order valence-corrected chi connectivity index (χ1v) is 5.41. The molecule has 2 fully saturated rings. The molecule has 1 aromatic rings. The van der Waals surface area contributed by atoms with Gasteiger partial charge in [-0.1, -0.05) is 35.9 Å². The van der Waals surface area contributed by atoms with E-state index in [-0.39, 0.29) is 21.1 Å². The van der Waals surface area contributed by atoms with Gasteiger partial charge in [0.25, 0.3) is 0 Å². The van der Waals surface area contributed by atoms with E-state index in [2.05, 4.69) is 34.3 Å². The fourth-order valence-corrected chi connectivity index (χ4v) is 1.21. The van der Waals surface area contributed by atoms with Gasteiger partial charge in [0, 0.05) is 0 Å². The molecular weight excluding hydrogens is 364 g/mol. The van der Waals surface area contributed by atoms with E-state index in [0.717, 1.165) is 13.1 Å². The molecule has 0 amide bonds. The van der Waals surface area contributed by atoms with Crippen LogP contribution in [0.25, 0.3) is 10.0 Å². The van der Waals surface area contributed by atoms with Gasteiger partial charge in [-0.25, -0.2) is 0 Å². The predicted molar refractivity (Wildman–Crippen MR) is 58.1 cm³/mol. The second kappa shape index (κ2) is 6.62. The van der Waals surface area contributed by atoms with Crippen molar-refractivity contribution in [3.63, 3.8) is 0 Å². The Hall–Kier alpha value is 0.178. The van der Waals surface area contributed by atoms with Gasteiger partial charge in [-0.15, -0.1) is 12.6 Å². The summed E-state index contributed by atoms with van der Waals surface area (Å²) in [6.45, 7) is 2.12. The summed E-state index contributed by atoms with van der Waals surface area (Å²) in [5, 5.41) is 4.17. The summed E-state index contributed by atoms with van der Waals surface area (Å²) in [5.74, 6) is 1.25. The van der Waals surface area contributed by atoms with Crippen LogP contribution in [0.3, 0.4) is 0 Å². The van der Waals surface area contributed by atoms with E-state index in [9.17, 15) is 0 Å². The van der Waals surface area contributed by atoms with Crippen molar-refractivity contribution < 1.29 is 21.1 Å². The van der Waals surface area contributed by atoms with Crippen molar-refractivity contribution in [1.29, 1.82) is 0 Å². The van der Waals surface area contributed by atoms with E-state index >= 15 is 0 Å². The van der Waals surface area contributed by atoms with Gasteiger partial charge in [-0.2, -0.15) is 6.54 Å². The fraction of sp³-hybridized carbons (Fsp3) is 0.400. The minimum atomic E-state index is 0. The number of hydrogen-bond acceptors (Lipinski definition) is 1. The van der Waals surface area contributed by atoms with E-state index in [1.165, 1.54) is 11.3 Å². The Morgan fingerprint density at radius 3 is 2.07 bits per heavy atom. The molecule has 2 saturated heterocycles. The zero-order chi connectivity index (χ0) is 8.93. The summed E-state index contributed by atoms with van der Waals surface area (Å²) < 4.78 is 3.83. The van der Waals surface area contributed by atoms with Gasteiger partial charge in [0.1, 0.15) is 0 Å². The molecule has 4 heteroatoms. The number of rotatable bonds is 1. The van der Waals surface area contributed by atoms with Crippen molar-refractivity contribution >= 4 is 11.9 Å². The second-order valence-corrected chi connectivity index (χ2v) is 3.90. The summed E-state index contributed by atoms with van der Waals surface area (Å²) in [6, 6.07) is 10.9. The molecule has 0 saturated carbocycles. The molecule has 0 bridgehead atoms. The Kier molecular flexibility index (Phi) is 5.79. The van der Waals surface area contributed by atoms with Crippen LogP contribution in [0.15, 0.2) is 30.3 Å². The molecule has 74 valence electrons. The summed E-state index contributed by atoms with van der Waals surface area (Å²) in [7, 11) is 0. The molecule has 2 aliphatic rings. The van der Waals surface area contributed by atoms with E-state index in [1.807, 2.05) is 6.07 Å². The van der Waals surface area contributed by atoms with Crippen LogP contribution in [0.2, 0.25) is 0 Å². The second-order valence-electron chi connectivity index (χ2n) is 2.98. The topological polar surface area (TPSA) is 28.2 Å². The molecule has 0 unspecified atom stereocenters. The number of hydrogen-bond donors (Lipinski definition) is 0. The van der Waals surface area contributed by atoms with Gasteiger partial charge in [0.15, 0.2) is 0 Å². The third-order valence-corrected chi connectivity index (χ3v) is 2.64. The molecule has 3 rings (SSSR count). The van der Waals surface area contributed by atoms with Crippen LogP contribution in [0.5, 0.6) is 0 Å². The first-order valence-electron chi connectivity index (χ1n) is 4.47. The van der Waals surface area contributed by atoms with Crippen molar-refractivity contribution in [2.45, 2.75) is 6.04 Å². The van der Waals surface area contributed by atoms with Crippen molar-refractivity contribution in [1.82, 2.24) is 0 Å². The number of benzene rings is 1. The molecule has 0 radical (unpaired) electrons. The van der Waals surface area contributed by atoms with E-state index in [4.69, 9.17) is 0 Å². The van der Waals surface area contributed by atoms with Crippen molar-refractivity contribution in [2.75, 3.05) is 18.8 Å². The minimum absolute atomic E-state index is 0. The standard InChI is InChI=1S/C8H8N.C2H4NS.W/c1-2-4-7(5-3-1)8-6-9-8;1-2-4-3-1;/h1-5,8H,6H2;1-2H2;/q2*-1;+2/t8-;;/m1../s1. The minimum Gasteiger partial charge on any atom is -0.658 e. The SMILES string of the molecule is C1CS[N-]1.[W+2].c1ccc([C@H]2C[N-]2)cc1. The smallest absolute Gasteiger partial charge is 0.658 e. The monoisotopic (exact) mass is 376 g/mol. The Morgan fingerprint density at radius 2 is 1.71 bits per heavy atom. The van der Waals surface area contributed by atoms with Gasteiger partial charge in [-0.05, 0) is 5.75 Å². The summed E-state index contributed by atoms with van der Waals surface area (Å²) in [6.07, 6.45) is 0. The van der Waals surface area contributed by atoms with Gasteiger partial charge in [0.05, 0.1) is 0 Å². The molecule has 0 spiro atoms. The summed E-state index contributed by atoms with van der Waals surface area (Å²) in [4.78, 5) is 0. The maximum atomic E-state index is 4.17. The maximum Gasteiger partial charge on any atom is 2.00 e. The first kappa shape index (κ1) is 12.2. The van der Waals surface area contributed by atoms with Crippen LogP contribution in [0.4, 0.5) is 0 Å². The summed E-state index contributed by atoms with van der Waals surface area (Å²) >= 11 is 1.66. The maximum absolute atomic E-state index is 4.17. The molecule has 2 aliphatic heterocycles. The normalized spacial score (nSPS) is 22.1. The zero-order valence-corrected chi connectivity index (χ0v) is 11.5. The van der Waals surface area contributed by atoms with Crippen LogP contribution in [0, 0.1) is 0 Å². The van der Waals surface area contributed by atoms with E-state index in [1.54, 1.807) is 11.9 Å². The molecule has 0 N–H and O–H groups in total. The quantitative estimate of drug-likeness (QED) is 0.547. The molecule has 2 heterocycles. The van der Waals surface area contributed by atoms with Crippen LogP contribution in [-0.2, 0) is 21.1 Å². The van der Waals surface area contributed by atoms with Gasteiger partial charge < -0.3 is 10.0 Å². The fourth-order valence-electron chi connectivity index (χ4n) is 1.03. The van der Waals surface area contributed by atoms with Crippen LogP contribution >= 0.6 is 11.9 Å². The van der Waals surface area contributed by atoms with Crippen molar-refractivity contribution in [3.05, 3.63) is 45.9 Å². The zero-order valence-electron chi connectivity index (χ0n) is 7.80. The third kappa shape index (κ3) is 4.14. The average molecular weight is 376 g/mol. The van der Waals surface area contributed by atoms with Gasteiger partial charge in [0.2, 0.25) is 0 Å². The molecule has 2 nitrogen and oxygen atoms in total. The molecule has 0 aliphatic carbocycles. The van der Waals surface area contributed by atoms with Crippen LogP contribution < -0.4 is 0 Å². The number of nitrogens with zero attached hydrogens (tertiary/aromatic N) is 2. The third-order valence-electron chi connectivity index (χ3n) is 1.91. The largest absolute Gasteiger partial charge is 2.00 e. The average Bonchev–Trinajstić information content (AvgIpc) is 2.85. The Morgan fingerprint density at radius 1 is 1.21 bits per heavy atom. The van der Waals surface area contributed by atoms with Crippen molar-refractivity contribution in [2.24, 2.45) is 0 Å². The summed E-state index contributed by atoms with van der Waals surface area (Å²) in [5.41, 5.74) is 1.36. The molecule has 1 atom stereocenters. The van der Waals surface area contributed by atoms with Gasteiger partial charge >= 0.3 is 21.1 Å². The van der Waals surface area contributed by atoms with Crippen LogP contribution in [-0.4, -0.2) is 18.8 Å². The molecule has 0 aromatic heterocycles. The first-order chi connectivity index (χ1) is 6.47. The Labute approximate surface area is 104 Å². The Bertz CT molecular complexity index is 244. The molecular formula is C10H12N2SW. The molecule has 14 heavy (non-hydrogen) atoms. The van der Waals surface area contributed by atoms with E-state index < -0.39 is 0 Å². The predicted octanol–water partition coefficient (Wildman–Crippen LogP) is 3.13. The molecule has 1 aromatic carbocycles. The Balaban J connectivity index is 0.000000168. The van der Waals surface area contributed by atoms with E-state index in [0.29, 0.717) is 6.04 Å². The van der Waals surface area contributed by atoms with Gasteiger partial charge in [-0.3, -0.25) is 11.9 Å². The van der Waals surface area contributed by atoms with Crippen molar-refractivity contribution in [3.8, 4) is 0 Å².